The number of rotatable bonds is 3. The Labute approximate surface area is 148 Å². The fraction of sp³-hybridized carbons (Fsp3) is 0.300. The van der Waals surface area contributed by atoms with Crippen LogP contribution in [0.1, 0.15) is 33.8 Å². The Morgan fingerprint density at radius 2 is 1.84 bits per heavy atom. The molecule has 130 valence electrons. The van der Waals surface area contributed by atoms with Crippen LogP contribution in [-0.2, 0) is 0 Å². The molecule has 1 atom stereocenters. The Morgan fingerprint density at radius 1 is 1.08 bits per heavy atom. The van der Waals surface area contributed by atoms with Gasteiger partial charge in [-0.15, -0.1) is 0 Å². The lowest BCUT2D eigenvalue weighted by Crippen LogP contribution is -2.33. The molecule has 5 heteroatoms. The standard InChI is InChI=1S/C20H23N3O2/c1-14-17(19(24)21-2)9-6-10-18(14)22-20(25)23-12-11-16(13-23)15-7-4-3-5-8-15/h3-10,16H,11-13H2,1-2H3,(H,21,24)(H,22,25)/t16-/m1/s1. The van der Waals surface area contributed by atoms with Gasteiger partial charge in [0.1, 0.15) is 0 Å². The van der Waals surface area contributed by atoms with Crippen LogP contribution in [0.25, 0.3) is 0 Å². The van der Waals surface area contributed by atoms with Gasteiger partial charge in [0, 0.05) is 37.3 Å². The largest absolute Gasteiger partial charge is 0.355 e. The maximum atomic E-state index is 12.6. The number of urea groups is 1. The predicted molar refractivity (Wildman–Crippen MR) is 99.0 cm³/mol. The maximum Gasteiger partial charge on any atom is 0.321 e. The Hall–Kier alpha value is -2.82. The summed E-state index contributed by atoms with van der Waals surface area (Å²) in [5.41, 5.74) is 3.29. The SMILES string of the molecule is CNC(=O)c1cccc(NC(=O)N2CC[C@@H](c3ccccc3)C2)c1C. The topological polar surface area (TPSA) is 61.4 Å². The minimum atomic E-state index is -0.154. The van der Waals surface area contributed by atoms with Gasteiger partial charge in [-0.3, -0.25) is 4.79 Å². The molecule has 1 saturated heterocycles. The first-order valence-electron chi connectivity index (χ1n) is 8.52. The zero-order valence-electron chi connectivity index (χ0n) is 14.6. The second kappa shape index (κ2) is 7.38. The van der Waals surface area contributed by atoms with E-state index >= 15 is 0 Å². The van der Waals surface area contributed by atoms with Gasteiger partial charge in [-0.2, -0.15) is 0 Å². The summed E-state index contributed by atoms with van der Waals surface area (Å²) in [5, 5.41) is 5.57. The van der Waals surface area contributed by atoms with Crippen molar-refractivity contribution in [3.8, 4) is 0 Å². The van der Waals surface area contributed by atoms with Crippen LogP contribution in [0.3, 0.4) is 0 Å². The molecule has 1 aliphatic heterocycles. The molecule has 0 aromatic heterocycles. The fourth-order valence-electron chi connectivity index (χ4n) is 3.29. The van der Waals surface area contributed by atoms with Crippen LogP contribution in [0.5, 0.6) is 0 Å². The highest BCUT2D eigenvalue weighted by Gasteiger charge is 2.27. The second-order valence-electron chi connectivity index (χ2n) is 6.33. The maximum absolute atomic E-state index is 12.6. The number of amides is 3. The van der Waals surface area contributed by atoms with Crippen molar-refractivity contribution in [2.45, 2.75) is 19.3 Å². The van der Waals surface area contributed by atoms with E-state index in [1.165, 1.54) is 5.56 Å². The number of carbonyl (C=O) groups excluding carboxylic acids is 2. The molecule has 1 heterocycles. The zero-order chi connectivity index (χ0) is 17.8. The van der Waals surface area contributed by atoms with E-state index in [1.807, 2.05) is 36.1 Å². The lowest BCUT2D eigenvalue weighted by atomic mass is 9.99. The molecular formula is C20H23N3O2. The molecule has 0 aliphatic carbocycles. The molecule has 0 radical (unpaired) electrons. The van der Waals surface area contributed by atoms with Gasteiger partial charge in [-0.05, 0) is 36.6 Å². The lowest BCUT2D eigenvalue weighted by Gasteiger charge is -2.19. The quantitative estimate of drug-likeness (QED) is 0.902. The monoisotopic (exact) mass is 337 g/mol. The first kappa shape index (κ1) is 17.0. The van der Waals surface area contributed by atoms with Crippen molar-refractivity contribution < 1.29 is 9.59 Å². The molecule has 3 rings (SSSR count). The Kier molecular flexibility index (Phi) is 5.03. The van der Waals surface area contributed by atoms with Crippen molar-refractivity contribution in [2.75, 3.05) is 25.5 Å². The average Bonchev–Trinajstić information content (AvgIpc) is 3.14. The van der Waals surface area contributed by atoms with Crippen LogP contribution in [0.2, 0.25) is 0 Å². The van der Waals surface area contributed by atoms with Gasteiger partial charge in [0.2, 0.25) is 0 Å². The van der Waals surface area contributed by atoms with Crippen molar-refractivity contribution in [1.29, 1.82) is 0 Å². The molecule has 5 nitrogen and oxygen atoms in total. The van der Waals surface area contributed by atoms with Gasteiger partial charge in [0.25, 0.3) is 5.91 Å². The van der Waals surface area contributed by atoms with Crippen molar-refractivity contribution >= 4 is 17.6 Å². The van der Waals surface area contributed by atoms with E-state index in [4.69, 9.17) is 0 Å². The minimum Gasteiger partial charge on any atom is -0.355 e. The summed E-state index contributed by atoms with van der Waals surface area (Å²) < 4.78 is 0. The molecule has 2 N–H and O–H groups in total. The average molecular weight is 337 g/mol. The summed E-state index contributed by atoms with van der Waals surface area (Å²) in [5.74, 6) is 0.226. The van der Waals surface area contributed by atoms with Crippen LogP contribution < -0.4 is 10.6 Å². The van der Waals surface area contributed by atoms with Crippen LogP contribution in [0, 0.1) is 6.92 Å². The summed E-state index contributed by atoms with van der Waals surface area (Å²) in [6.45, 7) is 3.29. The summed E-state index contributed by atoms with van der Waals surface area (Å²) in [4.78, 5) is 26.3. The van der Waals surface area contributed by atoms with Crippen molar-refractivity contribution in [1.82, 2.24) is 10.2 Å². The molecule has 3 amide bonds. The molecular weight excluding hydrogens is 314 g/mol. The van der Waals surface area contributed by atoms with Gasteiger partial charge in [0.05, 0.1) is 0 Å². The number of nitrogens with one attached hydrogen (secondary N) is 2. The molecule has 25 heavy (non-hydrogen) atoms. The third kappa shape index (κ3) is 3.65. The number of carbonyl (C=O) groups is 2. The van der Waals surface area contributed by atoms with Gasteiger partial charge < -0.3 is 15.5 Å². The van der Waals surface area contributed by atoms with E-state index < -0.39 is 0 Å². The molecule has 1 fully saturated rings. The number of benzene rings is 2. The van der Waals surface area contributed by atoms with E-state index in [0.29, 0.717) is 23.7 Å². The van der Waals surface area contributed by atoms with Crippen molar-refractivity contribution in [3.63, 3.8) is 0 Å². The first-order valence-corrected chi connectivity index (χ1v) is 8.52. The van der Waals surface area contributed by atoms with Crippen LogP contribution >= 0.6 is 0 Å². The Balaban J connectivity index is 1.68. The van der Waals surface area contributed by atoms with E-state index in [1.54, 1.807) is 19.2 Å². The number of hydrogen-bond acceptors (Lipinski definition) is 2. The highest BCUT2D eigenvalue weighted by atomic mass is 16.2. The van der Waals surface area contributed by atoms with Crippen molar-refractivity contribution in [3.05, 3.63) is 65.2 Å². The predicted octanol–water partition coefficient (Wildman–Crippen LogP) is 3.38. The van der Waals surface area contributed by atoms with Crippen LogP contribution in [0.4, 0.5) is 10.5 Å². The minimum absolute atomic E-state index is 0.115. The molecule has 0 unspecified atom stereocenters. The highest BCUT2D eigenvalue weighted by Crippen LogP contribution is 2.28. The molecule has 1 aliphatic rings. The summed E-state index contributed by atoms with van der Waals surface area (Å²) in [6, 6.07) is 15.5. The van der Waals surface area contributed by atoms with Gasteiger partial charge in [-0.25, -0.2) is 4.79 Å². The normalized spacial score (nSPS) is 16.6. The van der Waals surface area contributed by atoms with E-state index in [-0.39, 0.29) is 11.9 Å². The van der Waals surface area contributed by atoms with Crippen LogP contribution in [-0.4, -0.2) is 37.0 Å². The van der Waals surface area contributed by atoms with Crippen molar-refractivity contribution in [2.24, 2.45) is 0 Å². The van der Waals surface area contributed by atoms with E-state index in [2.05, 4.69) is 22.8 Å². The van der Waals surface area contributed by atoms with E-state index in [0.717, 1.165) is 18.5 Å². The van der Waals surface area contributed by atoms with Gasteiger partial charge in [-0.1, -0.05) is 36.4 Å². The lowest BCUT2D eigenvalue weighted by molar-refractivity contribution is 0.0962. The molecule has 2 aromatic carbocycles. The molecule has 0 saturated carbocycles. The van der Waals surface area contributed by atoms with E-state index in [9.17, 15) is 9.59 Å². The summed E-state index contributed by atoms with van der Waals surface area (Å²) in [6.07, 6.45) is 0.967. The molecule has 2 aromatic rings. The number of hydrogen-bond donors (Lipinski definition) is 2. The number of anilines is 1. The fourth-order valence-corrected chi connectivity index (χ4v) is 3.29. The third-order valence-corrected chi connectivity index (χ3v) is 4.79. The smallest absolute Gasteiger partial charge is 0.321 e. The van der Waals surface area contributed by atoms with Gasteiger partial charge in [0.15, 0.2) is 0 Å². The second-order valence-corrected chi connectivity index (χ2v) is 6.33. The highest BCUT2D eigenvalue weighted by molar-refractivity contribution is 5.99. The Bertz CT molecular complexity index is 774. The van der Waals surface area contributed by atoms with Gasteiger partial charge >= 0.3 is 6.03 Å². The molecule has 0 bridgehead atoms. The summed E-state index contributed by atoms with van der Waals surface area (Å²) >= 11 is 0. The molecule has 0 spiro atoms. The third-order valence-electron chi connectivity index (χ3n) is 4.79. The zero-order valence-corrected chi connectivity index (χ0v) is 14.6. The van der Waals surface area contributed by atoms with Crippen LogP contribution in [0.15, 0.2) is 48.5 Å². The number of likely N-dealkylation sites (tertiary alicyclic amines) is 1. The Morgan fingerprint density at radius 3 is 2.56 bits per heavy atom. The first-order chi connectivity index (χ1) is 12.1. The summed E-state index contributed by atoms with van der Waals surface area (Å²) in [7, 11) is 1.60. The number of nitrogens with zero attached hydrogens (tertiary/aromatic N) is 1.